The average molecular weight is 319 g/mol. The van der Waals surface area contributed by atoms with E-state index in [1.165, 1.54) is 5.56 Å². The minimum atomic E-state index is -0.216. The molecule has 5 nitrogen and oxygen atoms in total. The van der Waals surface area contributed by atoms with Gasteiger partial charge < -0.3 is 9.47 Å². The van der Waals surface area contributed by atoms with Gasteiger partial charge in [-0.05, 0) is 5.56 Å². The fourth-order valence-electron chi connectivity index (χ4n) is 2.75. The van der Waals surface area contributed by atoms with E-state index in [0.29, 0.717) is 26.0 Å². The zero-order chi connectivity index (χ0) is 16.7. The Kier molecular flexibility index (Phi) is 6.59. The van der Waals surface area contributed by atoms with Gasteiger partial charge in [0.2, 0.25) is 0 Å². The number of ether oxygens (including phenoxy) is 2. The highest BCUT2D eigenvalue weighted by Crippen LogP contribution is 2.23. The molecular formula is C18H25NO4. The molecule has 126 valence electrons. The standard InChI is InChI=1S/C18H25NO4/c1-3-17(20)22-13-15-11-19(10-14-8-6-5-7-9-14)12-16(15)23-18(21)4-2/h5-9,15-16H,3-4,10-13H2,1-2H3/t15-,16-/m0/s1. The Morgan fingerprint density at radius 2 is 1.78 bits per heavy atom. The maximum atomic E-state index is 11.6. The highest BCUT2D eigenvalue weighted by Gasteiger charge is 2.36. The van der Waals surface area contributed by atoms with Crippen LogP contribution in [0.1, 0.15) is 32.3 Å². The fraction of sp³-hybridized carbons (Fsp3) is 0.556. The second-order valence-corrected chi connectivity index (χ2v) is 5.86. The molecule has 23 heavy (non-hydrogen) atoms. The zero-order valence-corrected chi connectivity index (χ0v) is 13.9. The van der Waals surface area contributed by atoms with E-state index in [-0.39, 0.29) is 24.0 Å². The molecule has 0 unspecified atom stereocenters. The summed E-state index contributed by atoms with van der Waals surface area (Å²) in [5.41, 5.74) is 1.22. The van der Waals surface area contributed by atoms with Gasteiger partial charge in [0.1, 0.15) is 6.10 Å². The van der Waals surface area contributed by atoms with Gasteiger partial charge in [0, 0.05) is 38.4 Å². The molecule has 1 aliphatic heterocycles. The third kappa shape index (κ3) is 5.36. The number of hydrogen-bond acceptors (Lipinski definition) is 5. The molecule has 1 fully saturated rings. The highest BCUT2D eigenvalue weighted by molar-refractivity contribution is 5.69. The van der Waals surface area contributed by atoms with Crippen molar-refractivity contribution in [3.8, 4) is 0 Å². The van der Waals surface area contributed by atoms with Crippen LogP contribution in [-0.2, 0) is 25.6 Å². The lowest BCUT2D eigenvalue weighted by Crippen LogP contribution is -2.29. The van der Waals surface area contributed by atoms with Gasteiger partial charge in [-0.25, -0.2) is 0 Å². The molecule has 1 aromatic rings. The van der Waals surface area contributed by atoms with Crippen LogP contribution >= 0.6 is 0 Å². The molecule has 0 radical (unpaired) electrons. The van der Waals surface area contributed by atoms with Crippen LogP contribution in [0.25, 0.3) is 0 Å². The predicted molar refractivity (Wildman–Crippen MR) is 86.6 cm³/mol. The molecule has 0 aliphatic carbocycles. The van der Waals surface area contributed by atoms with Crippen LogP contribution in [-0.4, -0.2) is 42.6 Å². The first-order chi connectivity index (χ1) is 11.1. The molecule has 0 N–H and O–H groups in total. The summed E-state index contributed by atoms with van der Waals surface area (Å²) >= 11 is 0. The van der Waals surface area contributed by atoms with Crippen molar-refractivity contribution in [1.29, 1.82) is 0 Å². The Hall–Kier alpha value is -1.88. The molecule has 0 saturated carbocycles. The van der Waals surface area contributed by atoms with Crippen molar-refractivity contribution >= 4 is 11.9 Å². The first kappa shape index (κ1) is 17.5. The lowest BCUT2D eigenvalue weighted by molar-refractivity contribution is -0.152. The summed E-state index contributed by atoms with van der Waals surface area (Å²) in [7, 11) is 0. The summed E-state index contributed by atoms with van der Waals surface area (Å²) in [5.74, 6) is -0.389. The predicted octanol–water partition coefficient (Wildman–Crippen LogP) is 2.39. The van der Waals surface area contributed by atoms with Crippen molar-refractivity contribution in [2.75, 3.05) is 19.7 Å². The topological polar surface area (TPSA) is 55.8 Å². The van der Waals surface area contributed by atoms with E-state index in [0.717, 1.165) is 13.1 Å². The van der Waals surface area contributed by atoms with Crippen LogP contribution in [0.15, 0.2) is 30.3 Å². The molecule has 5 heteroatoms. The van der Waals surface area contributed by atoms with Crippen molar-refractivity contribution in [2.45, 2.75) is 39.3 Å². The highest BCUT2D eigenvalue weighted by atomic mass is 16.6. The number of carbonyl (C=O) groups excluding carboxylic acids is 2. The van der Waals surface area contributed by atoms with Crippen LogP contribution in [0.3, 0.4) is 0 Å². The smallest absolute Gasteiger partial charge is 0.305 e. The summed E-state index contributed by atoms with van der Waals surface area (Å²) in [4.78, 5) is 25.3. The van der Waals surface area contributed by atoms with Crippen molar-refractivity contribution in [1.82, 2.24) is 4.90 Å². The van der Waals surface area contributed by atoms with E-state index in [1.807, 2.05) is 18.2 Å². The number of carbonyl (C=O) groups is 2. The third-order valence-corrected chi connectivity index (χ3v) is 4.02. The maximum absolute atomic E-state index is 11.6. The quantitative estimate of drug-likeness (QED) is 0.722. The minimum absolute atomic E-state index is 0.0321. The Balaban J connectivity index is 1.95. The van der Waals surface area contributed by atoms with Crippen molar-refractivity contribution in [2.24, 2.45) is 5.92 Å². The van der Waals surface area contributed by atoms with Gasteiger partial charge in [-0.3, -0.25) is 14.5 Å². The van der Waals surface area contributed by atoms with Crippen LogP contribution in [0.4, 0.5) is 0 Å². The number of nitrogens with zero attached hydrogens (tertiary/aromatic N) is 1. The van der Waals surface area contributed by atoms with E-state index in [4.69, 9.17) is 9.47 Å². The molecule has 1 saturated heterocycles. The van der Waals surface area contributed by atoms with E-state index < -0.39 is 0 Å². The van der Waals surface area contributed by atoms with Crippen molar-refractivity contribution in [3.05, 3.63) is 35.9 Å². The number of esters is 2. The van der Waals surface area contributed by atoms with Gasteiger partial charge in [-0.1, -0.05) is 44.2 Å². The molecule has 2 atom stereocenters. The first-order valence-electron chi connectivity index (χ1n) is 8.23. The van der Waals surface area contributed by atoms with Crippen molar-refractivity contribution in [3.63, 3.8) is 0 Å². The van der Waals surface area contributed by atoms with E-state index in [1.54, 1.807) is 13.8 Å². The third-order valence-electron chi connectivity index (χ3n) is 4.02. The Bertz CT molecular complexity index is 517. The number of hydrogen-bond donors (Lipinski definition) is 0. The normalized spacial score (nSPS) is 21.1. The Labute approximate surface area is 137 Å². The van der Waals surface area contributed by atoms with Crippen LogP contribution in [0, 0.1) is 5.92 Å². The summed E-state index contributed by atoms with van der Waals surface area (Å²) in [6, 6.07) is 10.2. The van der Waals surface area contributed by atoms with E-state index >= 15 is 0 Å². The molecule has 1 aromatic carbocycles. The summed E-state index contributed by atoms with van der Waals surface area (Å²) in [6.07, 6.45) is 0.507. The molecule has 1 heterocycles. The van der Waals surface area contributed by atoms with Gasteiger partial charge in [0.05, 0.1) is 6.61 Å². The minimum Gasteiger partial charge on any atom is -0.465 e. The van der Waals surface area contributed by atoms with Gasteiger partial charge in [-0.2, -0.15) is 0 Å². The monoisotopic (exact) mass is 319 g/mol. The van der Waals surface area contributed by atoms with E-state index in [9.17, 15) is 9.59 Å². The SMILES string of the molecule is CCC(=O)OC[C@@H]1CN(Cc2ccccc2)C[C@@H]1OC(=O)CC. The van der Waals surface area contributed by atoms with Crippen LogP contribution < -0.4 is 0 Å². The van der Waals surface area contributed by atoms with Gasteiger partial charge in [0.25, 0.3) is 0 Å². The average Bonchev–Trinajstić information content (AvgIpc) is 2.94. The maximum Gasteiger partial charge on any atom is 0.305 e. The number of rotatable bonds is 7. The summed E-state index contributed by atoms with van der Waals surface area (Å²) < 4.78 is 10.8. The van der Waals surface area contributed by atoms with Gasteiger partial charge in [-0.15, -0.1) is 0 Å². The Morgan fingerprint density at radius 1 is 1.09 bits per heavy atom. The molecule has 0 aromatic heterocycles. The van der Waals surface area contributed by atoms with Gasteiger partial charge in [0.15, 0.2) is 0 Å². The second kappa shape index (κ2) is 8.67. The number of likely N-dealkylation sites (tertiary alicyclic amines) is 1. The first-order valence-corrected chi connectivity index (χ1v) is 8.23. The van der Waals surface area contributed by atoms with Gasteiger partial charge >= 0.3 is 11.9 Å². The molecule has 0 amide bonds. The van der Waals surface area contributed by atoms with Crippen LogP contribution in [0.2, 0.25) is 0 Å². The molecule has 1 aliphatic rings. The summed E-state index contributed by atoms with van der Waals surface area (Å²) in [6.45, 7) is 6.10. The van der Waals surface area contributed by atoms with Crippen LogP contribution in [0.5, 0.6) is 0 Å². The number of benzene rings is 1. The largest absolute Gasteiger partial charge is 0.465 e. The zero-order valence-electron chi connectivity index (χ0n) is 13.9. The molecular weight excluding hydrogens is 294 g/mol. The second-order valence-electron chi connectivity index (χ2n) is 5.86. The van der Waals surface area contributed by atoms with Crippen molar-refractivity contribution < 1.29 is 19.1 Å². The van der Waals surface area contributed by atoms with E-state index in [2.05, 4.69) is 17.0 Å². The fourth-order valence-corrected chi connectivity index (χ4v) is 2.75. The molecule has 2 rings (SSSR count). The lowest BCUT2D eigenvalue weighted by atomic mass is 10.1. The molecule has 0 spiro atoms. The summed E-state index contributed by atoms with van der Waals surface area (Å²) in [5, 5.41) is 0. The Morgan fingerprint density at radius 3 is 2.43 bits per heavy atom. The lowest BCUT2D eigenvalue weighted by Gasteiger charge is -2.18. The molecule has 0 bridgehead atoms.